The van der Waals surface area contributed by atoms with Crippen LogP contribution in [-0.2, 0) is 10.0 Å². The normalized spacial score (nSPS) is 12.3. The van der Waals surface area contributed by atoms with Gasteiger partial charge in [0.2, 0.25) is 10.0 Å². The van der Waals surface area contributed by atoms with E-state index >= 15 is 0 Å². The number of benzene rings is 1. The zero-order valence-corrected chi connectivity index (χ0v) is 12.2. The Hall–Kier alpha value is -1.09. The molecule has 0 aliphatic rings. The van der Waals surface area contributed by atoms with Crippen LogP contribution in [-0.4, -0.2) is 38.2 Å². The highest BCUT2D eigenvalue weighted by Gasteiger charge is 2.25. The van der Waals surface area contributed by atoms with Gasteiger partial charge in [0.15, 0.2) is 0 Å². The highest BCUT2D eigenvalue weighted by molar-refractivity contribution is 7.89. The summed E-state index contributed by atoms with van der Waals surface area (Å²) in [6, 6.07) is 3.91. The van der Waals surface area contributed by atoms with Gasteiger partial charge in [0.1, 0.15) is 5.75 Å². The van der Waals surface area contributed by atoms with E-state index in [0.29, 0.717) is 0 Å². The Morgan fingerprint density at radius 3 is 2.26 bits per heavy atom. The first-order valence-electron chi connectivity index (χ1n) is 5.65. The van der Waals surface area contributed by atoms with Gasteiger partial charge in [0.25, 0.3) is 0 Å². The SMILES string of the molecule is COc1ccc(S(=O)(=O)NC(C)(C)C)cc1B(O)O. The van der Waals surface area contributed by atoms with E-state index in [4.69, 9.17) is 4.74 Å². The number of rotatable bonds is 4. The Morgan fingerprint density at radius 2 is 1.84 bits per heavy atom. The van der Waals surface area contributed by atoms with Gasteiger partial charge in [-0.2, -0.15) is 0 Å². The molecule has 0 radical (unpaired) electrons. The summed E-state index contributed by atoms with van der Waals surface area (Å²) in [5.74, 6) is 0.213. The van der Waals surface area contributed by atoms with Gasteiger partial charge in [-0.25, -0.2) is 13.1 Å². The Kier molecular flexibility index (Phi) is 4.62. The van der Waals surface area contributed by atoms with Crippen molar-refractivity contribution in [2.45, 2.75) is 31.2 Å². The van der Waals surface area contributed by atoms with E-state index in [0.717, 1.165) is 0 Å². The first-order valence-corrected chi connectivity index (χ1v) is 7.13. The Balaban J connectivity index is 3.26. The van der Waals surface area contributed by atoms with Crippen molar-refractivity contribution in [1.82, 2.24) is 4.72 Å². The molecule has 0 aliphatic carbocycles. The average molecular weight is 287 g/mol. The molecule has 0 spiro atoms. The lowest BCUT2D eigenvalue weighted by Gasteiger charge is -2.21. The Morgan fingerprint density at radius 1 is 1.26 bits per heavy atom. The van der Waals surface area contributed by atoms with Crippen LogP contribution in [0.2, 0.25) is 0 Å². The molecular weight excluding hydrogens is 269 g/mol. The Labute approximate surface area is 113 Å². The summed E-state index contributed by atoms with van der Waals surface area (Å²) < 4.78 is 31.6. The first-order chi connectivity index (χ1) is 8.57. The van der Waals surface area contributed by atoms with Gasteiger partial charge in [-0.15, -0.1) is 0 Å². The molecule has 0 aromatic heterocycles. The van der Waals surface area contributed by atoms with Crippen molar-refractivity contribution in [3.8, 4) is 5.75 Å². The van der Waals surface area contributed by atoms with E-state index in [2.05, 4.69) is 4.72 Å². The molecule has 0 atom stereocenters. The van der Waals surface area contributed by atoms with Crippen molar-refractivity contribution in [2.75, 3.05) is 7.11 Å². The third kappa shape index (κ3) is 4.20. The van der Waals surface area contributed by atoms with Gasteiger partial charge in [-0.3, -0.25) is 0 Å². The molecular formula is C11H18BNO5S. The number of nitrogens with one attached hydrogen (secondary N) is 1. The summed E-state index contributed by atoms with van der Waals surface area (Å²) in [6.45, 7) is 5.15. The van der Waals surface area contributed by atoms with Crippen molar-refractivity contribution in [2.24, 2.45) is 0 Å². The summed E-state index contributed by atoms with van der Waals surface area (Å²) in [5.41, 5.74) is -0.629. The second-order valence-corrected chi connectivity index (χ2v) is 6.82. The lowest BCUT2D eigenvalue weighted by molar-refractivity contribution is 0.403. The molecule has 106 valence electrons. The molecule has 0 saturated carbocycles. The molecule has 0 bridgehead atoms. The molecule has 0 heterocycles. The zero-order chi connectivity index (χ0) is 14.8. The first kappa shape index (κ1) is 16.0. The summed E-state index contributed by atoms with van der Waals surface area (Å²) in [7, 11) is -4.17. The van der Waals surface area contributed by atoms with Crippen molar-refractivity contribution < 1.29 is 23.2 Å². The highest BCUT2D eigenvalue weighted by atomic mass is 32.2. The number of hydrogen-bond acceptors (Lipinski definition) is 5. The predicted molar refractivity (Wildman–Crippen MR) is 72.9 cm³/mol. The molecule has 1 aromatic rings. The predicted octanol–water partition coefficient (Wildman–Crippen LogP) is -0.548. The summed E-state index contributed by atoms with van der Waals surface area (Å²) in [5, 5.41) is 18.4. The summed E-state index contributed by atoms with van der Waals surface area (Å²) >= 11 is 0. The fraction of sp³-hybridized carbons (Fsp3) is 0.455. The summed E-state index contributed by atoms with van der Waals surface area (Å²) in [4.78, 5) is -0.0497. The molecule has 1 aromatic carbocycles. The molecule has 8 heteroatoms. The Bertz CT molecular complexity index is 551. The average Bonchev–Trinajstić information content (AvgIpc) is 2.24. The largest absolute Gasteiger partial charge is 0.497 e. The van der Waals surface area contributed by atoms with Crippen molar-refractivity contribution in [3.05, 3.63) is 18.2 Å². The van der Waals surface area contributed by atoms with E-state index in [-0.39, 0.29) is 16.1 Å². The number of methoxy groups -OCH3 is 1. The quantitative estimate of drug-likeness (QED) is 0.646. The molecule has 0 saturated heterocycles. The standard InChI is InChI=1S/C11H18BNO5S/c1-11(2,3)13-19(16,17)8-5-6-10(18-4)9(7-8)12(14)15/h5-7,13-15H,1-4H3. The molecule has 0 fully saturated rings. The molecule has 3 N–H and O–H groups in total. The van der Waals surface area contributed by atoms with Crippen LogP contribution in [0.15, 0.2) is 23.1 Å². The van der Waals surface area contributed by atoms with Gasteiger partial charge in [0, 0.05) is 11.0 Å². The fourth-order valence-electron chi connectivity index (χ4n) is 1.54. The van der Waals surface area contributed by atoms with Crippen LogP contribution in [0.3, 0.4) is 0 Å². The monoisotopic (exact) mass is 287 g/mol. The second kappa shape index (κ2) is 5.50. The third-order valence-electron chi connectivity index (χ3n) is 2.23. The smallest absolute Gasteiger partial charge is 0.492 e. The third-order valence-corrected chi connectivity index (χ3v) is 3.99. The topological polar surface area (TPSA) is 95.9 Å². The number of sulfonamides is 1. The zero-order valence-electron chi connectivity index (χ0n) is 11.3. The maximum Gasteiger partial charge on any atom is 0.492 e. The minimum atomic E-state index is -3.73. The fourth-order valence-corrected chi connectivity index (χ4v) is 3.00. The van der Waals surface area contributed by atoms with E-state index in [1.165, 1.54) is 25.3 Å². The van der Waals surface area contributed by atoms with Gasteiger partial charge < -0.3 is 14.8 Å². The van der Waals surface area contributed by atoms with Crippen LogP contribution in [0.25, 0.3) is 0 Å². The number of hydrogen-bond donors (Lipinski definition) is 3. The number of ether oxygens (including phenoxy) is 1. The van der Waals surface area contributed by atoms with Crippen LogP contribution in [0.1, 0.15) is 20.8 Å². The van der Waals surface area contributed by atoms with Gasteiger partial charge >= 0.3 is 7.12 Å². The van der Waals surface area contributed by atoms with Crippen LogP contribution in [0.4, 0.5) is 0 Å². The molecule has 0 unspecified atom stereocenters. The van der Waals surface area contributed by atoms with Crippen LogP contribution in [0, 0.1) is 0 Å². The lowest BCUT2D eigenvalue weighted by Crippen LogP contribution is -2.41. The van der Waals surface area contributed by atoms with Crippen molar-refractivity contribution >= 4 is 22.6 Å². The van der Waals surface area contributed by atoms with E-state index in [9.17, 15) is 18.5 Å². The van der Waals surface area contributed by atoms with Crippen molar-refractivity contribution in [1.29, 1.82) is 0 Å². The molecule has 1 rings (SSSR count). The van der Waals surface area contributed by atoms with E-state index in [1.54, 1.807) is 20.8 Å². The minimum absolute atomic E-state index is 0.000663. The van der Waals surface area contributed by atoms with Gasteiger partial charge in [0.05, 0.1) is 12.0 Å². The molecule has 19 heavy (non-hydrogen) atoms. The van der Waals surface area contributed by atoms with Gasteiger partial charge in [-0.1, -0.05) is 0 Å². The van der Waals surface area contributed by atoms with Crippen LogP contribution in [0.5, 0.6) is 5.75 Å². The highest BCUT2D eigenvalue weighted by Crippen LogP contribution is 2.16. The van der Waals surface area contributed by atoms with E-state index in [1.807, 2.05) is 0 Å². The van der Waals surface area contributed by atoms with Crippen LogP contribution < -0.4 is 14.9 Å². The van der Waals surface area contributed by atoms with Gasteiger partial charge in [-0.05, 0) is 39.0 Å². The second-order valence-electron chi connectivity index (χ2n) is 5.13. The molecule has 0 amide bonds. The van der Waals surface area contributed by atoms with Crippen LogP contribution >= 0.6 is 0 Å². The molecule has 6 nitrogen and oxygen atoms in total. The lowest BCUT2D eigenvalue weighted by atomic mass is 9.79. The van der Waals surface area contributed by atoms with E-state index < -0.39 is 22.7 Å². The summed E-state index contributed by atoms with van der Waals surface area (Å²) in [6.07, 6.45) is 0. The maximum atomic E-state index is 12.1. The maximum absolute atomic E-state index is 12.1. The molecule has 0 aliphatic heterocycles. The van der Waals surface area contributed by atoms with Crippen molar-refractivity contribution in [3.63, 3.8) is 0 Å². The minimum Gasteiger partial charge on any atom is -0.497 e.